The zero-order valence-electron chi connectivity index (χ0n) is 17.7. The van der Waals surface area contributed by atoms with E-state index in [0.29, 0.717) is 61.5 Å². The number of nitrogens with zero attached hydrogens (tertiary/aromatic N) is 6. The van der Waals surface area contributed by atoms with Gasteiger partial charge in [0.05, 0.1) is 6.20 Å². The lowest BCUT2D eigenvalue weighted by molar-refractivity contribution is 0.161. The van der Waals surface area contributed by atoms with Crippen LogP contribution in [0.4, 0.5) is 21.2 Å². The highest BCUT2D eigenvalue weighted by Gasteiger charge is 2.32. The largest absolute Gasteiger partial charge is 0.366 e. The zero-order chi connectivity index (χ0) is 22.9. The predicted molar refractivity (Wildman–Crippen MR) is 126 cm³/mol. The molecule has 5 rings (SSSR count). The predicted octanol–water partition coefficient (Wildman–Crippen LogP) is 2.92. The van der Waals surface area contributed by atoms with Crippen LogP contribution in [0.25, 0.3) is 5.65 Å². The zero-order valence-corrected chi connectivity index (χ0v) is 19.2. The van der Waals surface area contributed by atoms with Crippen molar-refractivity contribution in [3.8, 4) is 0 Å². The molecule has 0 spiro atoms. The quantitative estimate of drug-likeness (QED) is 0.585. The van der Waals surface area contributed by atoms with Gasteiger partial charge in [-0.15, -0.1) is 0 Å². The third-order valence-corrected chi connectivity index (χ3v) is 6.37. The first kappa shape index (κ1) is 21.6. The van der Waals surface area contributed by atoms with Crippen molar-refractivity contribution in [1.29, 1.82) is 0 Å². The van der Waals surface area contributed by atoms with Crippen LogP contribution in [0.5, 0.6) is 0 Å². The van der Waals surface area contributed by atoms with Crippen molar-refractivity contribution in [1.82, 2.24) is 29.7 Å². The third kappa shape index (κ3) is 4.36. The number of amides is 4. The average molecular weight is 489 g/mol. The molecule has 2 saturated heterocycles. The number of hydrogen-bond donors (Lipinski definition) is 2. The lowest BCUT2D eigenvalue weighted by atomic mass is 10.2. The molecule has 2 fully saturated rings. The molecule has 172 valence electrons. The highest BCUT2D eigenvalue weighted by Crippen LogP contribution is 2.24. The van der Waals surface area contributed by atoms with E-state index in [1.165, 1.54) is 4.90 Å². The monoisotopic (exact) mass is 488 g/mol. The number of fused-ring (bicyclic) bond motifs is 1. The van der Waals surface area contributed by atoms with Gasteiger partial charge in [-0.05, 0) is 17.7 Å². The molecule has 33 heavy (non-hydrogen) atoms. The van der Waals surface area contributed by atoms with Gasteiger partial charge in [-0.3, -0.25) is 0 Å². The molecule has 0 aliphatic carbocycles. The third-order valence-electron chi connectivity index (χ3n) is 5.78. The van der Waals surface area contributed by atoms with Crippen LogP contribution >= 0.6 is 23.2 Å². The average Bonchev–Trinajstić information content (AvgIpc) is 3.47. The second kappa shape index (κ2) is 8.95. The molecule has 0 radical (unpaired) electrons. The minimum absolute atomic E-state index is 0.244. The van der Waals surface area contributed by atoms with Crippen molar-refractivity contribution in [2.75, 3.05) is 49.5 Å². The Labute approximate surface area is 200 Å². The second-order valence-corrected chi connectivity index (χ2v) is 8.67. The van der Waals surface area contributed by atoms with E-state index >= 15 is 0 Å². The van der Waals surface area contributed by atoms with Gasteiger partial charge in [0.2, 0.25) is 0 Å². The molecular weight excluding hydrogens is 467 g/mol. The van der Waals surface area contributed by atoms with Gasteiger partial charge in [0.15, 0.2) is 5.65 Å². The summed E-state index contributed by atoms with van der Waals surface area (Å²) in [6, 6.07) is 8.62. The molecule has 12 heteroatoms. The molecule has 4 amide bonds. The summed E-state index contributed by atoms with van der Waals surface area (Å²) in [5, 5.41) is 11.6. The normalized spacial score (nSPS) is 16.4. The molecule has 10 nitrogen and oxygen atoms in total. The van der Waals surface area contributed by atoms with E-state index in [2.05, 4.69) is 20.6 Å². The number of anilines is 2. The van der Waals surface area contributed by atoms with Crippen molar-refractivity contribution < 1.29 is 9.59 Å². The molecule has 1 aromatic carbocycles. The summed E-state index contributed by atoms with van der Waals surface area (Å²) < 4.78 is 1.74. The molecular formula is C21H22Cl2N8O2. The Hall–Kier alpha value is -3.24. The maximum absolute atomic E-state index is 12.6. The van der Waals surface area contributed by atoms with Gasteiger partial charge in [0.25, 0.3) is 0 Å². The summed E-state index contributed by atoms with van der Waals surface area (Å²) in [6.07, 6.45) is 1.70. The number of benzene rings is 1. The minimum atomic E-state index is -0.327. The van der Waals surface area contributed by atoms with Crippen LogP contribution in [0.3, 0.4) is 0 Å². The first-order valence-corrected chi connectivity index (χ1v) is 11.4. The molecule has 2 aliphatic rings. The van der Waals surface area contributed by atoms with Gasteiger partial charge < -0.3 is 20.4 Å². The number of carbonyl (C=O) groups is 2. The van der Waals surface area contributed by atoms with E-state index in [1.807, 2.05) is 18.2 Å². The van der Waals surface area contributed by atoms with Crippen molar-refractivity contribution in [2.24, 2.45) is 0 Å². The highest BCUT2D eigenvalue weighted by molar-refractivity contribution is 6.35. The maximum atomic E-state index is 12.6. The molecule has 0 saturated carbocycles. The summed E-state index contributed by atoms with van der Waals surface area (Å²) in [5.41, 5.74) is 1.63. The number of carbonyl (C=O) groups excluding carboxylic acids is 2. The van der Waals surface area contributed by atoms with Gasteiger partial charge >= 0.3 is 12.1 Å². The van der Waals surface area contributed by atoms with E-state index < -0.39 is 0 Å². The van der Waals surface area contributed by atoms with Crippen LogP contribution in [0.15, 0.2) is 36.5 Å². The van der Waals surface area contributed by atoms with E-state index in [1.54, 1.807) is 27.7 Å². The lowest BCUT2D eigenvalue weighted by Crippen LogP contribution is -2.53. The second-order valence-electron chi connectivity index (χ2n) is 7.83. The smallest absolute Gasteiger partial charge is 0.328 e. The van der Waals surface area contributed by atoms with Crippen LogP contribution < -0.4 is 15.5 Å². The van der Waals surface area contributed by atoms with E-state index in [-0.39, 0.29) is 12.1 Å². The number of halogens is 2. The molecule has 2 N–H and O–H groups in total. The molecule has 0 unspecified atom stereocenters. The molecule has 0 atom stereocenters. The molecule has 4 heterocycles. The first-order valence-electron chi connectivity index (χ1n) is 10.6. The highest BCUT2D eigenvalue weighted by atomic mass is 35.5. The molecule has 2 aromatic heterocycles. The number of urea groups is 2. The van der Waals surface area contributed by atoms with Crippen LogP contribution in [0, 0.1) is 0 Å². The van der Waals surface area contributed by atoms with E-state index in [0.717, 1.165) is 17.2 Å². The fraction of sp³-hybridized carbons (Fsp3) is 0.333. The van der Waals surface area contributed by atoms with Crippen LogP contribution in [-0.4, -0.2) is 75.7 Å². The lowest BCUT2D eigenvalue weighted by Gasteiger charge is -2.36. The summed E-state index contributed by atoms with van der Waals surface area (Å²) in [4.78, 5) is 34.3. The number of hydrogen-bond acceptors (Lipinski definition) is 6. The minimum Gasteiger partial charge on any atom is -0.366 e. The van der Waals surface area contributed by atoms with Crippen LogP contribution in [0.1, 0.15) is 5.56 Å². The number of imide groups is 1. The summed E-state index contributed by atoms with van der Waals surface area (Å²) in [6.45, 7) is 3.65. The number of rotatable bonds is 4. The molecule has 3 aromatic rings. The Kier molecular flexibility index (Phi) is 5.86. The fourth-order valence-corrected chi connectivity index (χ4v) is 4.47. The number of aromatic nitrogens is 3. The standard InChI is InChI=1S/C21H22Cl2N8O2/c22-15-2-1-14(16(23)11-15)13-25-18-12-19(27-17-3-4-26-31(17)18)28-7-9-29(10-8-28)21(33)30-6-5-24-20(30)32/h1-4,11-12,25H,5-10,13H2,(H,24,32). The van der Waals surface area contributed by atoms with Crippen molar-refractivity contribution in [3.63, 3.8) is 0 Å². The number of piperazine rings is 1. The topological polar surface area (TPSA) is 98.1 Å². The van der Waals surface area contributed by atoms with Gasteiger partial charge in [-0.25, -0.2) is 19.5 Å². The van der Waals surface area contributed by atoms with Crippen LogP contribution in [-0.2, 0) is 6.54 Å². The van der Waals surface area contributed by atoms with Crippen molar-refractivity contribution >= 4 is 52.5 Å². The maximum Gasteiger partial charge on any atom is 0.328 e. The van der Waals surface area contributed by atoms with Gasteiger partial charge in [0, 0.05) is 68.0 Å². The molecule has 2 aliphatic heterocycles. The summed E-state index contributed by atoms with van der Waals surface area (Å²) >= 11 is 12.3. The Morgan fingerprint density at radius 2 is 1.91 bits per heavy atom. The Bertz CT molecular complexity index is 1210. The Morgan fingerprint density at radius 3 is 2.64 bits per heavy atom. The summed E-state index contributed by atoms with van der Waals surface area (Å²) in [5.74, 6) is 1.57. The van der Waals surface area contributed by atoms with Gasteiger partial charge in [-0.1, -0.05) is 29.3 Å². The van der Waals surface area contributed by atoms with Crippen molar-refractivity contribution in [3.05, 3.63) is 52.1 Å². The Morgan fingerprint density at radius 1 is 1.09 bits per heavy atom. The van der Waals surface area contributed by atoms with Gasteiger partial charge in [-0.2, -0.15) is 9.61 Å². The van der Waals surface area contributed by atoms with Gasteiger partial charge in [0.1, 0.15) is 11.6 Å². The SMILES string of the molecule is O=C1NCCN1C(=O)N1CCN(c2cc(NCc3ccc(Cl)cc3Cl)n3nccc3n2)CC1. The van der Waals surface area contributed by atoms with Crippen molar-refractivity contribution in [2.45, 2.75) is 6.54 Å². The number of nitrogens with one attached hydrogen (secondary N) is 2. The molecule has 0 bridgehead atoms. The van der Waals surface area contributed by atoms with Crippen LogP contribution in [0.2, 0.25) is 10.0 Å². The first-order chi connectivity index (χ1) is 16.0. The fourth-order valence-electron chi connectivity index (χ4n) is 3.99. The van der Waals surface area contributed by atoms with E-state index in [4.69, 9.17) is 28.2 Å². The Balaban J connectivity index is 1.30. The summed E-state index contributed by atoms with van der Waals surface area (Å²) in [7, 11) is 0. The van der Waals surface area contributed by atoms with E-state index in [9.17, 15) is 9.59 Å².